The van der Waals surface area contributed by atoms with Crippen molar-refractivity contribution >= 4 is 5.57 Å². The quantitative estimate of drug-likeness (QED) is 0.537. The summed E-state index contributed by atoms with van der Waals surface area (Å²) >= 11 is 0. The van der Waals surface area contributed by atoms with E-state index >= 15 is 0 Å². The van der Waals surface area contributed by atoms with Crippen molar-refractivity contribution in [2.45, 2.75) is 121 Å². The van der Waals surface area contributed by atoms with Gasteiger partial charge in [-0.2, -0.15) is 0 Å². The van der Waals surface area contributed by atoms with Gasteiger partial charge in [0.15, 0.2) is 0 Å². The van der Waals surface area contributed by atoms with Crippen molar-refractivity contribution in [3.63, 3.8) is 0 Å². The summed E-state index contributed by atoms with van der Waals surface area (Å²) in [7, 11) is 0. The Morgan fingerprint density at radius 3 is 2.03 bits per heavy atom. The fraction of sp³-hybridized carbons (Fsp3) is 0.724. The molecule has 3 aliphatic rings. The maximum atomic E-state index is 11.3. The molecule has 2 nitrogen and oxygen atoms in total. The lowest BCUT2D eigenvalue weighted by atomic mass is 9.67. The summed E-state index contributed by atoms with van der Waals surface area (Å²) in [6, 6.07) is 9.31. The molecule has 3 saturated carbocycles. The van der Waals surface area contributed by atoms with Crippen LogP contribution >= 0.6 is 0 Å². The van der Waals surface area contributed by atoms with Crippen molar-refractivity contribution in [1.29, 1.82) is 0 Å². The van der Waals surface area contributed by atoms with Gasteiger partial charge in [0, 0.05) is 0 Å². The summed E-state index contributed by atoms with van der Waals surface area (Å²) in [5.74, 6) is 1.18. The third kappa shape index (κ3) is 4.96. The molecule has 31 heavy (non-hydrogen) atoms. The van der Waals surface area contributed by atoms with Gasteiger partial charge in [0.2, 0.25) is 0 Å². The van der Waals surface area contributed by atoms with Crippen LogP contribution in [-0.2, 0) is 5.41 Å². The van der Waals surface area contributed by atoms with Crippen LogP contribution in [0.4, 0.5) is 0 Å². The molecular formula is C29H44O2. The largest absolute Gasteiger partial charge is 0.393 e. The van der Waals surface area contributed by atoms with E-state index in [0.717, 1.165) is 51.4 Å². The number of aliphatic hydroxyl groups excluding tert-OH is 1. The predicted molar refractivity (Wildman–Crippen MR) is 130 cm³/mol. The van der Waals surface area contributed by atoms with Gasteiger partial charge in [-0.15, -0.1) is 0 Å². The average molecular weight is 425 g/mol. The first-order valence-corrected chi connectivity index (χ1v) is 13.0. The van der Waals surface area contributed by atoms with Crippen molar-refractivity contribution in [1.82, 2.24) is 0 Å². The summed E-state index contributed by atoms with van der Waals surface area (Å²) in [5.41, 5.74) is 5.49. The predicted octanol–water partition coefficient (Wildman–Crippen LogP) is 7.17. The smallest absolute Gasteiger partial charge is 0.0681 e. The van der Waals surface area contributed by atoms with Gasteiger partial charge in [0.25, 0.3) is 0 Å². The number of hydrogen-bond donors (Lipinski definition) is 2. The molecule has 0 atom stereocenters. The minimum Gasteiger partial charge on any atom is -0.393 e. The zero-order valence-corrected chi connectivity index (χ0v) is 20.1. The van der Waals surface area contributed by atoms with Crippen LogP contribution in [0, 0.1) is 11.8 Å². The van der Waals surface area contributed by atoms with Crippen LogP contribution in [0.15, 0.2) is 29.8 Å². The van der Waals surface area contributed by atoms with Gasteiger partial charge in [-0.3, -0.25) is 0 Å². The molecule has 0 amide bonds. The molecule has 1 aromatic carbocycles. The third-order valence-corrected chi connectivity index (χ3v) is 9.39. The van der Waals surface area contributed by atoms with Crippen LogP contribution in [0.3, 0.4) is 0 Å². The van der Waals surface area contributed by atoms with Gasteiger partial charge in [0.1, 0.15) is 0 Å². The van der Waals surface area contributed by atoms with Crippen molar-refractivity contribution in [3.8, 4) is 0 Å². The molecule has 0 bridgehead atoms. The second-order valence-electron chi connectivity index (χ2n) is 11.5. The van der Waals surface area contributed by atoms with Crippen molar-refractivity contribution in [2.75, 3.05) is 0 Å². The minimum atomic E-state index is -0.411. The molecule has 0 unspecified atom stereocenters. The van der Waals surface area contributed by atoms with E-state index in [2.05, 4.69) is 45.0 Å². The highest BCUT2D eigenvalue weighted by Gasteiger charge is 2.39. The fourth-order valence-electron chi connectivity index (χ4n) is 6.79. The molecule has 0 spiro atoms. The van der Waals surface area contributed by atoms with Crippen LogP contribution in [0.1, 0.15) is 115 Å². The summed E-state index contributed by atoms with van der Waals surface area (Å²) in [4.78, 5) is 0. The Morgan fingerprint density at radius 2 is 1.45 bits per heavy atom. The summed E-state index contributed by atoms with van der Waals surface area (Å²) in [6.45, 7) is 7.04. The highest BCUT2D eigenvalue weighted by atomic mass is 16.3. The van der Waals surface area contributed by atoms with Gasteiger partial charge in [-0.05, 0) is 105 Å². The van der Waals surface area contributed by atoms with E-state index in [9.17, 15) is 10.2 Å². The van der Waals surface area contributed by atoms with Crippen LogP contribution in [0.2, 0.25) is 0 Å². The molecule has 0 aromatic heterocycles. The van der Waals surface area contributed by atoms with E-state index in [-0.39, 0.29) is 11.5 Å². The topological polar surface area (TPSA) is 40.5 Å². The molecule has 3 aliphatic carbocycles. The second-order valence-corrected chi connectivity index (χ2v) is 11.5. The Bertz CT molecular complexity index is 748. The molecule has 172 valence electrons. The van der Waals surface area contributed by atoms with Crippen molar-refractivity contribution < 1.29 is 10.2 Å². The minimum absolute atomic E-state index is 0.0880. The first-order valence-electron chi connectivity index (χ1n) is 13.0. The maximum Gasteiger partial charge on any atom is 0.0681 e. The van der Waals surface area contributed by atoms with Crippen molar-refractivity contribution in [3.05, 3.63) is 41.0 Å². The third-order valence-electron chi connectivity index (χ3n) is 9.39. The Morgan fingerprint density at radius 1 is 0.871 bits per heavy atom. The van der Waals surface area contributed by atoms with Crippen molar-refractivity contribution in [2.24, 2.45) is 11.8 Å². The zero-order chi connectivity index (χ0) is 22.1. The Labute approximate surface area is 190 Å². The number of rotatable bonds is 4. The number of benzene rings is 1. The van der Waals surface area contributed by atoms with Crippen LogP contribution < -0.4 is 0 Å². The Kier molecular flexibility index (Phi) is 6.99. The molecular weight excluding hydrogens is 380 g/mol. The van der Waals surface area contributed by atoms with E-state index in [0.29, 0.717) is 11.8 Å². The molecule has 0 heterocycles. The molecule has 2 N–H and O–H groups in total. The normalized spacial score (nSPS) is 30.9. The first kappa shape index (κ1) is 23.1. The van der Waals surface area contributed by atoms with Gasteiger partial charge in [-0.1, -0.05) is 62.9 Å². The van der Waals surface area contributed by atoms with E-state index in [1.54, 1.807) is 5.57 Å². The molecule has 0 saturated heterocycles. The van der Waals surface area contributed by atoms with E-state index in [1.807, 2.05) is 0 Å². The molecule has 2 heteroatoms. The van der Waals surface area contributed by atoms with Gasteiger partial charge < -0.3 is 10.2 Å². The molecule has 1 aromatic rings. The monoisotopic (exact) mass is 424 g/mol. The zero-order valence-electron chi connectivity index (χ0n) is 20.1. The standard InChI is InChI=1S/C29H44O2/c1-21(23-17-19-29(31,20-18-23)26-7-5-4-6-8-26)22-9-11-24(12-10-22)28(2,3)25-13-15-27(30)16-14-25/h9-12,25-27,30-31H,4-8,13-20H2,1-3H3. The summed E-state index contributed by atoms with van der Waals surface area (Å²) in [6.07, 6.45) is 14.5. The number of aliphatic hydroxyl groups is 2. The lowest BCUT2D eigenvalue weighted by Gasteiger charge is -2.42. The van der Waals surface area contributed by atoms with E-state index < -0.39 is 5.60 Å². The average Bonchev–Trinajstić information content (AvgIpc) is 2.80. The highest BCUT2D eigenvalue weighted by molar-refractivity contribution is 5.67. The molecule has 0 radical (unpaired) electrons. The molecule has 3 fully saturated rings. The number of allylic oxidation sites excluding steroid dienone is 2. The second kappa shape index (κ2) is 9.40. The maximum absolute atomic E-state index is 11.3. The van der Waals surface area contributed by atoms with Gasteiger partial charge in [0.05, 0.1) is 11.7 Å². The number of hydrogen-bond acceptors (Lipinski definition) is 2. The van der Waals surface area contributed by atoms with Gasteiger partial charge >= 0.3 is 0 Å². The van der Waals surface area contributed by atoms with Crippen LogP contribution in [0.25, 0.3) is 5.57 Å². The Hall–Kier alpha value is -1.12. The summed E-state index contributed by atoms with van der Waals surface area (Å²) in [5, 5.41) is 21.2. The fourth-order valence-corrected chi connectivity index (χ4v) is 6.79. The molecule has 4 rings (SSSR count). The highest BCUT2D eigenvalue weighted by Crippen LogP contribution is 2.45. The van der Waals surface area contributed by atoms with Gasteiger partial charge in [-0.25, -0.2) is 0 Å². The van der Waals surface area contributed by atoms with Crippen LogP contribution in [0.5, 0.6) is 0 Å². The van der Waals surface area contributed by atoms with E-state index in [4.69, 9.17) is 0 Å². The lowest BCUT2D eigenvalue weighted by molar-refractivity contribution is -0.0537. The Balaban J connectivity index is 1.42. The summed E-state index contributed by atoms with van der Waals surface area (Å²) < 4.78 is 0. The molecule has 0 aliphatic heterocycles. The lowest BCUT2D eigenvalue weighted by Crippen LogP contribution is -2.41. The SMILES string of the molecule is CC(=C1CCC(O)(C2CCCCC2)CC1)c1ccc(C(C)(C)C2CCC(O)CC2)cc1. The first-order chi connectivity index (χ1) is 14.8. The van der Waals surface area contributed by atoms with Crippen LogP contribution in [-0.4, -0.2) is 21.9 Å². The van der Waals surface area contributed by atoms with E-state index in [1.165, 1.54) is 48.8 Å².